The number of hydrogen-bond donors (Lipinski definition) is 1. The van der Waals surface area contributed by atoms with Crippen LogP contribution in [0.5, 0.6) is 23.0 Å². The Kier molecular flexibility index (Phi) is 10.2. The van der Waals surface area contributed by atoms with Gasteiger partial charge in [-0.1, -0.05) is 42.5 Å². The molecule has 3 aromatic carbocycles. The molecule has 1 fully saturated rings. The third-order valence-corrected chi connectivity index (χ3v) is 6.74. The molecule has 2 aliphatic rings. The average molecular weight is 594 g/mol. The zero-order valence-electron chi connectivity index (χ0n) is 23.0. The summed E-state index contributed by atoms with van der Waals surface area (Å²) in [6.07, 6.45) is 11.7. The molecule has 11 nitrogen and oxygen atoms in total. The van der Waals surface area contributed by atoms with E-state index in [9.17, 15) is 23.3 Å². The molecule has 0 radical (unpaired) electrons. The number of carbonyl (C=O) groups excluding carboxylic acids is 1. The highest BCUT2D eigenvalue weighted by Crippen LogP contribution is 2.34. The van der Waals surface area contributed by atoms with E-state index >= 15 is 0 Å². The molecule has 42 heavy (non-hydrogen) atoms. The van der Waals surface area contributed by atoms with Gasteiger partial charge in [-0.2, -0.15) is 0 Å². The largest absolute Gasteiger partial charge is 0.455 e. The highest BCUT2D eigenvalue weighted by molar-refractivity contribution is 7.92. The molecule has 0 aromatic heterocycles. The van der Waals surface area contributed by atoms with E-state index in [1.54, 1.807) is 42.5 Å². The van der Waals surface area contributed by atoms with Gasteiger partial charge in [-0.3, -0.25) is 19.6 Å². The molecular formula is C30H31N3O8S. The van der Waals surface area contributed by atoms with Crippen LogP contribution in [0.3, 0.4) is 0 Å². The van der Waals surface area contributed by atoms with E-state index in [1.807, 2.05) is 35.3 Å². The van der Waals surface area contributed by atoms with E-state index < -0.39 is 14.9 Å². The number of fused-ring (bicyclic) bond motifs is 1. The number of rotatable bonds is 8. The first-order chi connectivity index (χ1) is 20.2. The van der Waals surface area contributed by atoms with E-state index in [2.05, 4.69) is 4.72 Å². The fourth-order valence-corrected chi connectivity index (χ4v) is 4.72. The van der Waals surface area contributed by atoms with Gasteiger partial charge in [0.05, 0.1) is 22.9 Å². The van der Waals surface area contributed by atoms with Crippen molar-refractivity contribution in [2.75, 3.05) is 30.9 Å². The lowest BCUT2D eigenvalue weighted by atomic mass is 10.1. The number of carbonyl (C=O) groups is 1. The smallest absolute Gasteiger partial charge is 0.273 e. The maximum Gasteiger partial charge on any atom is 0.273 e. The zero-order chi connectivity index (χ0) is 30.0. The predicted molar refractivity (Wildman–Crippen MR) is 159 cm³/mol. The number of likely N-dealkylation sites (tertiary alicyclic amines) is 1. The number of allylic oxidation sites excluding steroid dienone is 2. The van der Waals surface area contributed by atoms with Gasteiger partial charge in [0.25, 0.3) is 5.69 Å². The molecule has 0 bridgehead atoms. The number of hydrogen-bond acceptors (Lipinski definition) is 8. The number of piperidine rings is 1. The molecule has 1 saturated heterocycles. The predicted octanol–water partition coefficient (Wildman–Crippen LogP) is 5.76. The molecule has 0 spiro atoms. The minimum absolute atomic E-state index is 0.0563. The Morgan fingerprint density at radius 3 is 2.43 bits per heavy atom. The van der Waals surface area contributed by atoms with Gasteiger partial charge in [0, 0.05) is 25.2 Å². The third kappa shape index (κ3) is 9.10. The number of benzene rings is 3. The van der Waals surface area contributed by atoms with Crippen molar-refractivity contribution in [1.82, 2.24) is 4.90 Å². The van der Waals surface area contributed by atoms with Crippen molar-refractivity contribution in [3.8, 4) is 23.0 Å². The van der Waals surface area contributed by atoms with E-state index in [1.165, 1.54) is 24.6 Å². The third-order valence-electron chi connectivity index (χ3n) is 6.15. The monoisotopic (exact) mass is 593 g/mol. The molecular weight excluding hydrogens is 562 g/mol. The molecule has 0 atom stereocenters. The molecule has 1 N–H and O–H groups in total. The van der Waals surface area contributed by atoms with E-state index in [0.29, 0.717) is 5.75 Å². The molecule has 2 heterocycles. The van der Waals surface area contributed by atoms with Crippen molar-refractivity contribution in [3.63, 3.8) is 0 Å². The van der Waals surface area contributed by atoms with Crippen molar-refractivity contribution in [1.29, 1.82) is 0 Å². The molecule has 1 amide bonds. The molecule has 5 rings (SSSR count). The lowest BCUT2D eigenvalue weighted by molar-refractivity contribution is -0.384. The molecule has 3 aromatic rings. The fourth-order valence-electron chi connectivity index (χ4n) is 4.15. The maximum atomic E-state index is 11.9. The molecule has 0 saturated carbocycles. The summed E-state index contributed by atoms with van der Waals surface area (Å²) in [5, 5.41) is 10.8. The SMILES string of the molecule is CS(=O)(=O)Nc1ccc([N+](=O)[O-])cc1Oc1ccccc1.O=C(/C=C/C=C/c1ccc2c(c1)OCO2)N1CCCCC1. The van der Waals surface area contributed by atoms with Crippen LogP contribution in [0.4, 0.5) is 11.4 Å². The summed E-state index contributed by atoms with van der Waals surface area (Å²) in [6, 6.07) is 18.0. The fraction of sp³-hybridized carbons (Fsp3) is 0.233. The Balaban J connectivity index is 0.000000193. The second-order valence-electron chi connectivity index (χ2n) is 9.44. The standard InChI is InChI=1S/C17H19NO3.C13H12N2O5S/c19-17(18-10-4-1-5-11-18)7-3-2-6-14-8-9-15-16(12-14)21-13-20-15;1-21(18,19)14-12-8-7-10(15(16)17)9-13(12)20-11-5-3-2-4-6-11/h2-3,6-9,12H,1,4-5,10-11,13H2;2-9,14H,1H3/b6-2+,7-3+;. The Morgan fingerprint density at radius 2 is 1.71 bits per heavy atom. The number of nitrogens with zero attached hydrogens (tertiary/aromatic N) is 2. The summed E-state index contributed by atoms with van der Waals surface area (Å²) in [5.41, 5.74) is 0.959. The maximum absolute atomic E-state index is 11.9. The lowest BCUT2D eigenvalue weighted by Crippen LogP contribution is -2.34. The first-order valence-electron chi connectivity index (χ1n) is 13.2. The summed E-state index contributed by atoms with van der Waals surface area (Å²) in [7, 11) is -3.52. The number of nitro benzene ring substituents is 1. The molecule has 0 unspecified atom stereocenters. The summed E-state index contributed by atoms with van der Waals surface area (Å²) >= 11 is 0. The van der Waals surface area contributed by atoms with Crippen LogP contribution >= 0.6 is 0 Å². The van der Waals surface area contributed by atoms with Gasteiger partial charge in [0.1, 0.15) is 5.75 Å². The van der Waals surface area contributed by atoms with Crippen LogP contribution in [0, 0.1) is 10.1 Å². The van der Waals surface area contributed by atoms with Crippen LogP contribution in [0.1, 0.15) is 24.8 Å². The number of nitrogens with one attached hydrogen (secondary N) is 1. The average Bonchev–Trinajstić information content (AvgIpc) is 3.45. The highest BCUT2D eigenvalue weighted by Gasteiger charge is 2.16. The number of anilines is 1. The van der Waals surface area contributed by atoms with Gasteiger partial charge in [0.15, 0.2) is 17.2 Å². The number of non-ortho nitro benzene ring substituents is 1. The van der Waals surface area contributed by atoms with Gasteiger partial charge < -0.3 is 19.1 Å². The molecule has 2 aliphatic heterocycles. The zero-order valence-corrected chi connectivity index (χ0v) is 23.8. The Labute approximate surface area is 244 Å². The number of amides is 1. The van der Waals surface area contributed by atoms with Crippen LogP contribution in [0.15, 0.2) is 85.0 Å². The van der Waals surface area contributed by atoms with Crippen LogP contribution in [-0.4, -0.2) is 50.3 Å². The molecule has 220 valence electrons. The van der Waals surface area contributed by atoms with Gasteiger partial charge in [-0.25, -0.2) is 8.42 Å². The topological polar surface area (TPSA) is 137 Å². The highest BCUT2D eigenvalue weighted by atomic mass is 32.2. The lowest BCUT2D eigenvalue weighted by Gasteiger charge is -2.25. The second kappa shape index (κ2) is 14.2. The summed E-state index contributed by atoms with van der Waals surface area (Å²) in [5.74, 6) is 2.15. The molecule has 0 aliphatic carbocycles. The number of ether oxygens (including phenoxy) is 3. The van der Waals surface area contributed by atoms with Crippen LogP contribution in [0.2, 0.25) is 0 Å². The number of sulfonamides is 1. The summed E-state index contributed by atoms with van der Waals surface area (Å²) in [6.45, 7) is 2.05. The van der Waals surface area contributed by atoms with Crippen molar-refractivity contribution in [3.05, 3.63) is 101 Å². The van der Waals surface area contributed by atoms with Crippen molar-refractivity contribution in [2.45, 2.75) is 19.3 Å². The van der Waals surface area contributed by atoms with Crippen LogP contribution in [-0.2, 0) is 14.8 Å². The van der Waals surface area contributed by atoms with Gasteiger partial charge >= 0.3 is 0 Å². The first-order valence-corrected chi connectivity index (χ1v) is 15.1. The first kappa shape index (κ1) is 30.1. The van der Waals surface area contributed by atoms with Gasteiger partial charge in [0.2, 0.25) is 22.7 Å². The Bertz CT molecular complexity index is 1570. The number of para-hydroxylation sites is 1. The normalized spacial score (nSPS) is 14.4. The number of nitro groups is 1. The van der Waals surface area contributed by atoms with Crippen molar-refractivity contribution < 1.29 is 32.3 Å². The van der Waals surface area contributed by atoms with Gasteiger partial charge in [-0.05, 0) is 55.2 Å². The Morgan fingerprint density at radius 1 is 0.976 bits per heavy atom. The minimum atomic E-state index is -3.52. The van der Waals surface area contributed by atoms with Crippen LogP contribution < -0.4 is 18.9 Å². The van der Waals surface area contributed by atoms with Crippen LogP contribution in [0.25, 0.3) is 6.08 Å². The van der Waals surface area contributed by atoms with Crippen molar-refractivity contribution in [2.24, 2.45) is 0 Å². The minimum Gasteiger partial charge on any atom is -0.455 e. The Hall–Kier alpha value is -4.84. The van der Waals surface area contributed by atoms with E-state index in [-0.39, 0.29) is 29.8 Å². The summed E-state index contributed by atoms with van der Waals surface area (Å²) in [4.78, 5) is 24.1. The quantitative estimate of drug-likeness (QED) is 0.151. The second-order valence-corrected chi connectivity index (χ2v) is 11.2. The van der Waals surface area contributed by atoms with E-state index in [0.717, 1.165) is 49.2 Å². The summed E-state index contributed by atoms with van der Waals surface area (Å²) < 4.78 is 41.0. The van der Waals surface area contributed by atoms with Gasteiger partial charge in [-0.15, -0.1) is 0 Å². The molecule has 12 heteroatoms. The van der Waals surface area contributed by atoms with Crippen molar-refractivity contribution >= 4 is 33.4 Å². The van der Waals surface area contributed by atoms with E-state index in [4.69, 9.17) is 14.2 Å².